The summed E-state index contributed by atoms with van der Waals surface area (Å²) >= 11 is 0. The molecule has 1 heterocycles. The van der Waals surface area contributed by atoms with E-state index in [0.717, 1.165) is 39.3 Å². The zero-order chi connectivity index (χ0) is 16.7. The molecule has 1 aliphatic heterocycles. The quantitative estimate of drug-likeness (QED) is 0.739. The minimum atomic E-state index is -3.10. The Balaban J connectivity index is 1.77. The Morgan fingerprint density at radius 1 is 1.30 bits per heavy atom. The molecule has 1 amide bonds. The van der Waals surface area contributed by atoms with E-state index in [9.17, 15) is 13.2 Å². The number of carbonyl (C=O) groups excluding carboxylic acids is 1. The van der Waals surface area contributed by atoms with E-state index in [-0.39, 0.29) is 11.7 Å². The molecule has 128 valence electrons. The average molecular weight is 340 g/mol. The minimum Gasteiger partial charge on any atom is -0.379 e. The molecule has 0 atom stereocenters. The second-order valence-electron chi connectivity index (χ2n) is 5.83. The van der Waals surface area contributed by atoms with Crippen molar-refractivity contribution in [1.82, 2.24) is 10.2 Å². The Hall–Kier alpha value is -1.44. The van der Waals surface area contributed by atoms with Crippen LogP contribution >= 0.6 is 0 Å². The van der Waals surface area contributed by atoms with E-state index in [1.54, 1.807) is 24.3 Å². The first-order valence-electron chi connectivity index (χ1n) is 7.79. The molecule has 1 aromatic rings. The zero-order valence-electron chi connectivity index (χ0n) is 13.5. The lowest BCUT2D eigenvalue weighted by Crippen LogP contribution is -2.38. The molecular formula is C16H24N2O4S. The van der Waals surface area contributed by atoms with E-state index in [2.05, 4.69) is 10.2 Å². The molecule has 1 N–H and O–H groups in total. The fourth-order valence-corrected chi connectivity index (χ4v) is 3.32. The first kappa shape index (κ1) is 17.9. The van der Waals surface area contributed by atoms with E-state index in [4.69, 9.17) is 4.74 Å². The van der Waals surface area contributed by atoms with Crippen LogP contribution in [0.15, 0.2) is 24.3 Å². The van der Waals surface area contributed by atoms with Crippen molar-refractivity contribution in [3.05, 3.63) is 35.4 Å². The van der Waals surface area contributed by atoms with Crippen LogP contribution in [0.4, 0.5) is 0 Å². The summed E-state index contributed by atoms with van der Waals surface area (Å²) in [5.74, 6) is -0.215. The van der Waals surface area contributed by atoms with Crippen LogP contribution in [0.5, 0.6) is 0 Å². The number of morpholine rings is 1. The molecule has 7 heteroatoms. The summed E-state index contributed by atoms with van der Waals surface area (Å²) in [5, 5.41) is 2.88. The lowest BCUT2D eigenvalue weighted by molar-refractivity contribution is 0.0374. The fourth-order valence-electron chi connectivity index (χ4n) is 2.54. The predicted octanol–water partition coefficient (Wildman–Crippen LogP) is 0.683. The maximum atomic E-state index is 12.1. The Morgan fingerprint density at radius 2 is 2.04 bits per heavy atom. The molecule has 1 aliphatic rings. The highest BCUT2D eigenvalue weighted by molar-refractivity contribution is 7.89. The molecule has 0 aromatic heterocycles. The third-order valence-corrected chi connectivity index (χ3v) is 4.52. The molecular weight excluding hydrogens is 316 g/mol. The number of hydrogen-bond acceptors (Lipinski definition) is 5. The molecule has 1 aromatic carbocycles. The van der Waals surface area contributed by atoms with Crippen LogP contribution in [0.1, 0.15) is 22.3 Å². The number of hydrogen-bond donors (Lipinski definition) is 1. The van der Waals surface area contributed by atoms with Crippen LogP contribution in [-0.2, 0) is 20.3 Å². The van der Waals surface area contributed by atoms with Crippen LogP contribution in [-0.4, -0.2) is 64.9 Å². The van der Waals surface area contributed by atoms with Gasteiger partial charge in [-0.15, -0.1) is 0 Å². The SMILES string of the molecule is CS(=O)(=O)Cc1cccc(C(=O)NCCCN2CCOCC2)c1. The van der Waals surface area contributed by atoms with Gasteiger partial charge in [-0.1, -0.05) is 12.1 Å². The van der Waals surface area contributed by atoms with Gasteiger partial charge >= 0.3 is 0 Å². The second kappa shape index (κ2) is 8.42. The maximum absolute atomic E-state index is 12.1. The zero-order valence-corrected chi connectivity index (χ0v) is 14.3. The van der Waals surface area contributed by atoms with Crippen LogP contribution in [0.3, 0.4) is 0 Å². The summed E-state index contributed by atoms with van der Waals surface area (Å²) in [7, 11) is -3.10. The van der Waals surface area contributed by atoms with Crippen LogP contribution in [0.25, 0.3) is 0 Å². The van der Waals surface area contributed by atoms with Gasteiger partial charge in [0.25, 0.3) is 5.91 Å². The molecule has 1 saturated heterocycles. The van der Waals surface area contributed by atoms with Crippen LogP contribution < -0.4 is 5.32 Å². The van der Waals surface area contributed by atoms with Crippen molar-refractivity contribution in [2.45, 2.75) is 12.2 Å². The smallest absolute Gasteiger partial charge is 0.251 e. The van der Waals surface area contributed by atoms with Gasteiger partial charge in [-0.05, 0) is 30.7 Å². The van der Waals surface area contributed by atoms with E-state index < -0.39 is 9.84 Å². The number of rotatable bonds is 7. The number of benzene rings is 1. The maximum Gasteiger partial charge on any atom is 0.251 e. The van der Waals surface area contributed by atoms with Gasteiger partial charge in [0, 0.05) is 31.5 Å². The van der Waals surface area contributed by atoms with Gasteiger partial charge < -0.3 is 10.1 Å². The number of nitrogens with one attached hydrogen (secondary N) is 1. The van der Waals surface area contributed by atoms with Crippen molar-refractivity contribution in [3.8, 4) is 0 Å². The summed E-state index contributed by atoms with van der Waals surface area (Å²) in [5.41, 5.74) is 1.13. The molecule has 0 bridgehead atoms. The van der Waals surface area contributed by atoms with Gasteiger partial charge in [0.15, 0.2) is 9.84 Å². The Bertz CT molecular complexity index is 625. The summed E-state index contributed by atoms with van der Waals surface area (Å²) in [6, 6.07) is 6.76. The number of amides is 1. The summed E-state index contributed by atoms with van der Waals surface area (Å²) in [6.45, 7) is 4.99. The van der Waals surface area contributed by atoms with Gasteiger partial charge in [-0.2, -0.15) is 0 Å². The Kier molecular flexibility index (Phi) is 6.56. The normalized spacial score (nSPS) is 16.2. The first-order chi connectivity index (χ1) is 10.9. The molecule has 23 heavy (non-hydrogen) atoms. The van der Waals surface area contributed by atoms with Crippen molar-refractivity contribution >= 4 is 15.7 Å². The second-order valence-corrected chi connectivity index (χ2v) is 7.97. The van der Waals surface area contributed by atoms with E-state index >= 15 is 0 Å². The molecule has 0 saturated carbocycles. The standard InChI is InChI=1S/C16H24N2O4S/c1-23(20,21)13-14-4-2-5-15(12-14)16(19)17-6-3-7-18-8-10-22-11-9-18/h2,4-5,12H,3,6-11,13H2,1H3,(H,17,19). The van der Waals surface area contributed by atoms with Gasteiger partial charge in [-0.25, -0.2) is 8.42 Å². The average Bonchev–Trinajstić information content (AvgIpc) is 2.51. The highest BCUT2D eigenvalue weighted by atomic mass is 32.2. The van der Waals surface area contributed by atoms with E-state index in [1.807, 2.05) is 0 Å². The van der Waals surface area contributed by atoms with Crippen molar-refractivity contribution in [2.75, 3.05) is 45.6 Å². The first-order valence-corrected chi connectivity index (χ1v) is 9.85. The molecule has 1 fully saturated rings. The summed E-state index contributed by atoms with van der Waals surface area (Å²) < 4.78 is 28.0. The molecule has 6 nitrogen and oxygen atoms in total. The molecule has 0 spiro atoms. The summed E-state index contributed by atoms with van der Waals surface area (Å²) in [6.07, 6.45) is 2.07. The lowest BCUT2D eigenvalue weighted by Gasteiger charge is -2.26. The minimum absolute atomic E-state index is 0.0504. The van der Waals surface area contributed by atoms with E-state index in [1.165, 1.54) is 6.26 Å². The highest BCUT2D eigenvalue weighted by Gasteiger charge is 2.11. The monoisotopic (exact) mass is 340 g/mol. The predicted molar refractivity (Wildman–Crippen MR) is 89.2 cm³/mol. The van der Waals surface area contributed by atoms with Gasteiger partial charge in [0.05, 0.1) is 19.0 Å². The van der Waals surface area contributed by atoms with Crippen LogP contribution in [0.2, 0.25) is 0 Å². The highest BCUT2D eigenvalue weighted by Crippen LogP contribution is 2.09. The largest absolute Gasteiger partial charge is 0.379 e. The van der Waals surface area contributed by atoms with Gasteiger partial charge in [-0.3, -0.25) is 9.69 Å². The van der Waals surface area contributed by atoms with Crippen molar-refractivity contribution < 1.29 is 17.9 Å². The molecule has 0 unspecified atom stereocenters. The Morgan fingerprint density at radius 3 is 2.74 bits per heavy atom. The summed E-state index contributed by atoms with van der Waals surface area (Å²) in [4.78, 5) is 14.4. The number of carbonyl (C=O) groups is 1. The van der Waals surface area contributed by atoms with Crippen LogP contribution in [0, 0.1) is 0 Å². The Labute approximate surface area is 137 Å². The topological polar surface area (TPSA) is 75.7 Å². The number of ether oxygens (including phenoxy) is 1. The third kappa shape index (κ3) is 6.68. The molecule has 0 aliphatic carbocycles. The van der Waals surface area contributed by atoms with Crippen molar-refractivity contribution in [2.24, 2.45) is 0 Å². The van der Waals surface area contributed by atoms with Gasteiger partial charge in [0.1, 0.15) is 0 Å². The molecule has 0 radical (unpaired) electrons. The molecule has 2 rings (SSSR count). The number of sulfone groups is 1. The van der Waals surface area contributed by atoms with Crippen molar-refractivity contribution in [3.63, 3.8) is 0 Å². The fraction of sp³-hybridized carbons (Fsp3) is 0.562. The lowest BCUT2D eigenvalue weighted by atomic mass is 10.1. The third-order valence-electron chi connectivity index (χ3n) is 3.66. The number of nitrogens with zero attached hydrogens (tertiary/aromatic N) is 1. The van der Waals surface area contributed by atoms with Crippen molar-refractivity contribution in [1.29, 1.82) is 0 Å². The van der Waals surface area contributed by atoms with E-state index in [0.29, 0.717) is 17.7 Å². The van der Waals surface area contributed by atoms with Gasteiger partial charge in [0.2, 0.25) is 0 Å².